The van der Waals surface area contributed by atoms with Crippen molar-refractivity contribution < 1.29 is 14.3 Å². The molecule has 0 spiro atoms. The molecule has 0 radical (unpaired) electrons. The van der Waals surface area contributed by atoms with Gasteiger partial charge in [0.2, 0.25) is 0 Å². The minimum atomic E-state index is -0.693. The fourth-order valence-electron chi connectivity index (χ4n) is 3.17. The highest BCUT2D eigenvalue weighted by Crippen LogP contribution is 2.18. The van der Waals surface area contributed by atoms with Crippen LogP contribution in [0.3, 0.4) is 0 Å². The van der Waals surface area contributed by atoms with Gasteiger partial charge in [-0.05, 0) is 6.07 Å². The van der Waals surface area contributed by atoms with Crippen LogP contribution in [-0.2, 0) is 11.3 Å². The van der Waals surface area contributed by atoms with Gasteiger partial charge in [0.25, 0.3) is 0 Å². The van der Waals surface area contributed by atoms with Crippen molar-refractivity contribution in [3.63, 3.8) is 0 Å². The van der Waals surface area contributed by atoms with E-state index in [1.54, 1.807) is 12.5 Å². The van der Waals surface area contributed by atoms with Crippen LogP contribution in [0.4, 0.5) is 0 Å². The molecular formula is C14H22ClN3O3. The zero-order valence-corrected chi connectivity index (χ0v) is 12.7. The molecule has 2 N–H and O–H groups in total. The van der Waals surface area contributed by atoms with Crippen LogP contribution in [0.15, 0.2) is 23.0 Å². The van der Waals surface area contributed by atoms with Crippen molar-refractivity contribution in [2.75, 3.05) is 39.3 Å². The SMILES string of the molecule is Cl.O=C(O)C1CN(Cc2ccoc2)CC2CNCCN2C1. The van der Waals surface area contributed by atoms with Crippen LogP contribution >= 0.6 is 12.4 Å². The first-order chi connectivity index (χ1) is 9.72. The van der Waals surface area contributed by atoms with Gasteiger partial charge in [0.05, 0.1) is 18.4 Å². The summed E-state index contributed by atoms with van der Waals surface area (Å²) in [5.74, 6) is -1.01. The Morgan fingerprint density at radius 2 is 2.29 bits per heavy atom. The molecule has 0 amide bonds. The van der Waals surface area contributed by atoms with Gasteiger partial charge in [0.1, 0.15) is 0 Å². The van der Waals surface area contributed by atoms with Gasteiger partial charge in [-0.1, -0.05) is 0 Å². The second kappa shape index (κ2) is 7.26. The predicted octanol–water partition coefficient (Wildman–Crippen LogP) is 0.492. The molecule has 2 fully saturated rings. The van der Waals surface area contributed by atoms with Crippen molar-refractivity contribution in [3.05, 3.63) is 24.2 Å². The Bertz CT molecular complexity index is 454. The number of halogens is 1. The smallest absolute Gasteiger partial charge is 0.309 e. The number of carboxylic acids is 1. The number of carbonyl (C=O) groups is 1. The van der Waals surface area contributed by atoms with Crippen LogP contribution < -0.4 is 5.32 Å². The molecule has 1 aromatic heterocycles. The number of carboxylic acid groups (broad SMARTS) is 1. The zero-order valence-electron chi connectivity index (χ0n) is 11.9. The number of rotatable bonds is 3. The quantitative estimate of drug-likeness (QED) is 0.846. The van der Waals surface area contributed by atoms with Gasteiger partial charge in [-0.3, -0.25) is 14.6 Å². The molecule has 2 unspecified atom stereocenters. The summed E-state index contributed by atoms with van der Waals surface area (Å²) in [6.45, 7) is 5.75. The Balaban J connectivity index is 0.00000161. The minimum absolute atomic E-state index is 0. The maximum Gasteiger partial charge on any atom is 0.309 e. The molecule has 0 saturated carbocycles. The van der Waals surface area contributed by atoms with E-state index >= 15 is 0 Å². The first-order valence-corrected chi connectivity index (χ1v) is 7.13. The van der Waals surface area contributed by atoms with Crippen molar-refractivity contribution in [1.29, 1.82) is 0 Å². The van der Waals surface area contributed by atoms with E-state index in [9.17, 15) is 9.90 Å². The molecule has 2 aliphatic rings. The standard InChI is InChI=1S/C14H21N3O3.ClH/c18-14(19)12-7-16(6-11-1-4-20-10-11)9-13-5-15-2-3-17(13)8-12;/h1,4,10,12-13,15H,2-3,5-9H2,(H,18,19);1H. The van der Waals surface area contributed by atoms with Crippen LogP contribution in [-0.4, -0.2) is 66.2 Å². The van der Waals surface area contributed by atoms with Gasteiger partial charge in [-0.15, -0.1) is 12.4 Å². The molecule has 0 bridgehead atoms. The topological polar surface area (TPSA) is 68.9 Å². The number of nitrogens with zero attached hydrogens (tertiary/aromatic N) is 2. The first-order valence-electron chi connectivity index (χ1n) is 7.13. The molecular weight excluding hydrogens is 294 g/mol. The minimum Gasteiger partial charge on any atom is -0.481 e. The van der Waals surface area contributed by atoms with Gasteiger partial charge in [-0.25, -0.2) is 0 Å². The third kappa shape index (κ3) is 3.97. The zero-order chi connectivity index (χ0) is 13.9. The van der Waals surface area contributed by atoms with Crippen molar-refractivity contribution in [2.24, 2.45) is 5.92 Å². The Labute approximate surface area is 130 Å². The Morgan fingerprint density at radius 3 is 3.00 bits per heavy atom. The lowest BCUT2D eigenvalue weighted by atomic mass is 10.1. The molecule has 3 heterocycles. The summed E-state index contributed by atoms with van der Waals surface area (Å²) in [6.07, 6.45) is 3.40. The van der Waals surface area contributed by atoms with Crippen LogP contribution in [0.1, 0.15) is 5.56 Å². The molecule has 0 aliphatic carbocycles. The number of piperazine rings is 1. The predicted molar refractivity (Wildman–Crippen MR) is 80.6 cm³/mol. The van der Waals surface area contributed by atoms with E-state index in [0.29, 0.717) is 19.1 Å². The van der Waals surface area contributed by atoms with E-state index in [-0.39, 0.29) is 18.3 Å². The second-order valence-corrected chi connectivity index (χ2v) is 5.71. The number of hydrogen-bond donors (Lipinski definition) is 2. The van der Waals surface area contributed by atoms with Crippen molar-refractivity contribution in [1.82, 2.24) is 15.1 Å². The molecule has 7 heteroatoms. The van der Waals surface area contributed by atoms with Crippen molar-refractivity contribution >= 4 is 18.4 Å². The molecule has 0 aromatic carbocycles. The summed E-state index contributed by atoms with van der Waals surface area (Å²) >= 11 is 0. The number of hydrogen-bond acceptors (Lipinski definition) is 5. The largest absolute Gasteiger partial charge is 0.481 e. The lowest BCUT2D eigenvalue weighted by molar-refractivity contribution is -0.142. The third-order valence-electron chi connectivity index (χ3n) is 4.21. The average molecular weight is 316 g/mol. The molecule has 2 saturated heterocycles. The highest BCUT2D eigenvalue weighted by Gasteiger charge is 2.34. The average Bonchev–Trinajstić information content (AvgIpc) is 2.85. The van der Waals surface area contributed by atoms with Crippen molar-refractivity contribution in [2.45, 2.75) is 12.6 Å². The van der Waals surface area contributed by atoms with Gasteiger partial charge in [0.15, 0.2) is 0 Å². The molecule has 1 aromatic rings. The summed E-state index contributed by atoms with van der Waals surface area (Å²) in [5, 5.41) is 12.8. The van der Waals surface area contributed by atoms with Gasteiger partial charge in [0, 0.05) is 57.4 Å². The fourth-order valence-corrected chi connectivity index (χ4v) is 3.17. The summed E-state index contributed by atoms with van der Waals surface area (Å²) in [7, 11) is 0. The maximum absolute atomic E-state index is 11.4. The first kappa shape index (κ1) is 16.3. The Hall–Kier alpha value is -1.08. The summed E-state index contributed by atoms with van der Waals surface area (Å²) in [5.41, 5.74) is 1.10. The van der Waals surface area contributed by atoms with Gasteiger partial charge in [-0.2, -0.15) is 0 Å². The molecule has 2 aliphatic heterocycles. The molecule has 118 valence electrons. The van der Waals surface area contributed by atoms with E-state index < -0.39 is 5.97 Å². The normalized spacial score (nSPS) is 27.4. The monoisotopic (exact) mass is 315 g/mol. The van der Waals surface area contributed by atoms with Crippen LogP contribution in [0.25, 0.3) is 0 Å². The van der Waals surface area contributed by atoms with Crippen LogP contribution in [0.5, 0.6) is 0 Å². The van der Waals surface area contributed by atoms with Gasteiger partial charge < -0.3 is 14.8 Å². The van der Waals surface area contributed by atoms with Crippen molar-refractivity contribution in [3.8, 4) is 0 Å². The molecule has 2 atom stereocenters. The molecule has 3 rings (SSSR count). The van der Waals surface area contributed by atoms with E-state index in [4.69, 9.17) is 4.42 Å². The number of fused-ring (bicyclic) bond motifs is 1. The van der Waals surface area contributed by atoms with Crippen LogP contribution in [0.2, 0.25) is 0 Å². The number of furan rings is 1. The summed E-state index contributed by atoms with van der Waals surface area (Å²) in [4.78, 5) is 16.0. The number of nitrogens with one attached hydrogen (secondary N) is 1. The lowest BCUT2D eigenvalue weighted by Crippen LogP contribution is -2.54. The van der Waals surface area contributed by atoms with E-state index in [1.165, 1.54) is 0 Å². The Kier molecular flexibility index (Phi) is 5.64. The highest BCUT2D eigenvalue weighted by atomic mass is 35.5. The molecule has 21 heavy (non-hydrogen) atoms. The summed E-state index contributed by atoms with van der Waals surface area (Å²) in [6, 6.07) is 2.34. The van der Waals surface area contributed by atoms with E-state index in [1.807, 2.05) is 6.07 Å². The number of aliphatic carboxylic acids is 1. The van der Waals surface area contributed by atoms with Gasteiger partial charge >= 0.3 is 5.97 Å². The second-order valence-electron chi connectivity index (χ2n) is 5.71. The fraction of sp³-hybridized carbons (Fsp3) is 0.643. The maximum atomic E-state index is 11.4. The summed E-state index contributed by atoms with van der Waals surface area (Å²) < 4.78 is 5.10. The Morgan fingerprint density at radius 1 is 1.43 bits per heavy atom. The van der Waals surface area contributed by atoms with Crippen LogP contribution in [0, 0.1) is 5.92 Å². The van der Waals surface area contributed by atoms with E-state index in [0.717, 1.165) is 38.3 Å². The third-order valence-corrected chi connectivity index (χ3v) is 4.21. The highest BCUT2D eigenvalue weighted by molar-refractivity contribution is 5.85. The molecule has 6 nitrogen and oxygen atoms in total. The van der Waals surface area contributed by atoms with E-state index in [2.05, 4.69) is 15.1 Å². The lowest BCUT2D eigenvalue weighted by Gasteiger charge is -2.36.